The maximum atomic E-state index is 13.3. The van der Waals surface area contributed by atoms with Crippen LogP contribution in [0.4, 0.5) is 0 Å². The number of hydrogen-bond donors (Lipinski definition) is 2. The van der Waals surface area contributed by atoms with Crippen molar-refractivity contribution in [3.63, 3.8) is 0 Å². The molecule has 0 bridgehead atoms. The van der Waals surface area contributed by atoms with Crippen molar-refractivity contribution in [1.82, 2.24) is 30.9 Å². The lowest BCUT2D eigenvalue weighted by atomic mass is 9.92. The Bertz CT molecular complexity index is 3140. The smallest absolute Gasteiger partial charge is 0.333 e. The molecule has 0 unspecified atom stereocenters. The zero-order valence-corrected chi connectivity index (χ0v) is 82.7. The zero-order valence-electron chi connectivity index (χ0n) is 82.7. The average Bonchev–Trinajstić information content (AvgIpc) is 1.80. The second-order valence-electron chi connectivity index (χ2n) is 37.6. The molecule has 34 nitrogen and oxygen atoms in total. The summed E-state index contributed by atoms with van der Waals surface area (Å²) in [6.07, 6.45) is 45.4. The first-order valence-corrected chi connectivity index (χ1v) is 52.5. The van der Waals surface area contributed by atoms with Crippen LogP contribution in [0.25, 0.3) is 0 Å². The molecule has 0 saturated carbocycles. The topological polar surface area (TPSA) is 452 Å². The Hall–Kier alpha value is -8.76. The van der Waals surface area contributed by atoms with Gasteiger partial charge in [0, 0.05) is 180 Å². The molecular formula is C103H166N6O28. The van der Waals surface area contributed by atoms with Crippen LogP contribution in [-0.2, 0) is 134 Å². The van der Waals surface area contributed by atoms with Gasteiger partial charge in [-0.15, -0.1) is 20.3 Å². The van der Waals surface area contributed by atoms with Crippen molar-refractivity contribution in [3.05, 3.63) is 0 Å². The molecule has 0 atom stereocenters. The molecule has 0 aromatic carbocycles. The summed E-state index contributed by atoms with van der Waals surface area (Å²) in [6.45, 7) is 1.43. The summed E-state index contributed by atoms with van der Waals surface area (Å²) in [5, 5.41) is 8.26. The lowest BCUT2D eigenvalue weighted by Crippen LogP contribution is -2.42. The molecule has 2 N–H and O–H groups in total. The molecule has 4 aliphatic heterocycles. The van der Waals surface area contributed by atoms with Gasteiger partial charge in [0.2, 0.25) is 11.8 Å². The highest BCUT2D eigenvalue weighted by atomic mass is 16.7. The van der Waals surface area contributed by atoms with E-state index >= 15 is 0 Å². The van der Waals surface area contributed by atoms with E-state index in [1.54, 1.807) is 0 Å². The number of amides is 10. The Balaban J connectivity index is 1.19. The van der Waals surface area contributed by atoms with E-state index in [0.717, 1.165) is 270 Å². The van der Waals surface area contributed by atoms with Gasteiger partial charge in [-0.05, 0) is 103 Å². The van der Waals surface area contributed by atoms with Crippen LogP contribution in [-0.4, -0.2) is 204 Å². The third-order valence-electron chi connectivity index (χ3n) is 25.0. The van der Waals surface area contributed by atoms with Crippen LogP contribution in [0.3, 0.4) is 0 Å². The monoisotopic (exact) mass is 1940 g/mol. The first-order valence-electron chi connectivity index (χ1n) is 52.5. The lowest BCUT2D eigenvalue weighted by molar-refractivity contribution is -0.197. The number of rotatable bonds is 94. The fraction of sp³-hybridized carbons (Fsp3) is 0.806. The van der Waals surface area contributed by atoms with Gasteiger partial charge in [0.15, 0.2) is 0 Å². The molecule has 0 spiro atoms. The third kappa shape index (κ3) is 62.1. The molecule has 4 rings (SSSR count). The van der Waals surface area contributed by atoms with Gasteiger partial charge in [0.1, 0.15) is 34.7 Å². The van der Waals surface area contributed by atoms with E-state index < -0.39 is 76.5 Å². The fourth-order valence-corrected chi connectivity index (χ4v) is 16.6. The van der Waals surface area contributed by atoms with Gasteiger partial charge in [-0.1, -0.05) is 193 Å². The number of hydroxylamine groups is 8. The van der Waals surface area contributed by atoms with E-state index in [4.69, 9.17) is 38.3 Å². The van der Waals surface area contributed by atoms with Crippen LogP contribution >= 0.6 is 0 Å². The summed E-state index contributed by atoms with van der Waals surface area (Å²) in [6, 6.07) is 0. The fourth-order valence-electron chi connectivity index (χ4n) is 16.6. The van der Waals surface area contributed by atoms with Gasteiger partial charge in [-0.25, -0.2) is 19.2 Å². The normalized spacial score (nSPS) is 14.0. The van der Waals surface area contributed by atoms with Crippen LogP contribution in [0.1, 0.15) is 462 Å². The standard InChI is InChI=1S/C103H166N6O28/c110-83(49-33-17-5-9-25-41-57-99(126)134-106-91(118)61-62-92(106)119)47-31-15-1-3-21-39-55-87(114)69-75-130-79-103(80-131-76-70-88(115)56-40-22-4-2-16-32-48-84(111)50-34-18-6-10-26-42-58-100(127)135-107-93(120)63-64-94(107)121,81-132-77-71-89(116)104-73-45-29-13-23-37-53-85(112)51-35-19-7-11-27-43-59-101(128)136-108-95(122)65-66-96(108)123)82-133-78-72-90(117)105-74-46-30-14-24-38-54-86(113)52-36-20-8-12-28-44-60-102(129)137-109-97(124)67-68-98(109)125/h1-82H2,(H,104,116)(H,105,117). The first kappa shape index (κ1) is 121. The SMILES string of the molecule is O=C(CCCCCCCCC(=O)CCOCC(COCCC(=O)CCCCCCCCC(=O)CCCCCCCCC(=O)ON1C(=O)CCC1=O)(COCCC(=O)NCCCCCCCC(=O)CCCCCCCCC(=O)ON1C(=O)CCC1=O)COCCC(=O)NCCCCCCCC(=O)CCCCCCCCC(=O)ON1C(=O)CCC1=O)CCCCCCCCC(=O)ON1C(=O)CCC1=O. The molecule has 4 fully saturated rings. The lowest BCUT2D eigenvalue weighted by Gasteiger charge is -2.33. The van der Waals surface area contributed by atoms with E-state index in [2.05, 4.69) is 10.6 Å². The number of nitrogens with one attached hydrogen (secondary N) is 2. The minimum Gasteiger partial charge on any atom is -0.380 e. The molecular weight excluding hydrogens is 1770 g/mol. The van der Waals surface area contributed by atoms with E-state index in [1.165, 1.54) is 0 Å². The van der Waals surface area contributed by atoms with Gasteiger partial charge in [0.05, 0.1) is 58.3 Å². The highest BCUT2D eigenvalue weighted by Gasteiger charge is 2.38. The molecule has 776 valence electrons. The molecule has 34 heteroatoms. The number of ketones is 6. The zero-order chi connectivity index (χ0) is 99.4. The summed E-state index contributed by atoms with van der Waals surface area (Å²) in [5.41, 5.74) is -0.987. The molecule has 137 heavy (non-hydrogen) atoms. The van der Waals surface area contributed by atoms with Crippen molar-refractivity contribution < 1.29 is 134 Å². The second-order valence-corrected chi connectivity index (χ2v) is 37.6. The van der Waals surface area contributed by atoms with Crippen LogP contribution in [0.15, 0.2) is 0 Å². The Labute approximate surface area is 812 Å². The third-order valence-corrected chi connectivity index (χ3v) is 25.0. The summed E-state index contributed by atoms with van der Waals surface area (Å²) >= 11 is 0. The highest BCUT2D eigenvalue weighted by molar-refractivity contribution is 6.03. The summed E-state index contributed by atoms with van der Waals surface area (Å²) < 4.78 is 25.2. The number of nitrogens with zero attached hydrogens (tertiary/aromatic N) is 4. The van der Waals surface area contributed by atoms with Crippen molar-refractivity contribution in [1.29, 1.82) is 0 Å². The molecule has 4 heterocycles. The van der Waals surface area contributed by atoms with Crippen molar-refractivity contribution in [2.75, 3.05) is 65.9 Å². The highest BCUT2D eigenvalue weighted by Crippen LogP contribution is 2.26. The number of ether oxygens (including phenoxy) is 4. The number of Topliss-reactive ketones (excluding diaryl/α,β-unsaturated/α-hetero) is 6. The number of hydrogen-bond acceptors (Lipinski definition) is 28. The Morgan fingerprint density at radius 1 is 0.190 bits per heavy atom. The molecule has 4 aliphatic rings. The van der Waals surface area contributed by atoms with Crippen molar-refractivity contribution in [2.24, 2.45) is 5.41 Å². The number of imide groups is 4. The van der Waals surface area contributed by atoms with Crippen LogP contribution in [0.2, 0.25) is 0 Å². The number of carbonyl (C=O) groups excluding carboxylic acids is 20. The minimum atomic E-state index is -0.987. The van der Waals surface area contributed by atoms with Crippen molar-refractivity contribution >= 4 is 118 Å². The molecule has 0 aromatic rings. The van der Waals surface area contributed by atoms with E-state index in [0.29, 0.717) is 123 Å². The predicted octanol–water partition coefficient (Wildman–Crippen LogP) is 17.1. The van der Waals surface area contributed by atoms with Crippen LogP contribution in [0.5, 0.6) is 0 Å². The van der Waals surface area contributed by atoms with Crippen LogP contribution < -0.4 is 10.6 Å². The average molecular weight is 1940 g/mol. The van der Waals surface area contributed by atoms with Gasteiger partial charge < -0.3 is 48.9 Å². The quantitative estimate of drug-likeness (QED) is 0.0422. The van der Waals surface area contributed by atoms with Crippen LogP contribution in [0, 0.1) is 5.41 Å². The van der Waals surface area contributed by atoms with E-state index in [1.807, 2.05) is 0 Å². The molecule has 10 amide bonds. The maximum Gasteiger partial charge on any atom is 0.333 e. The van der Waals surface area contributed by atoms with E-state index in [-0.39, 0.29) is 202 Å². The predicted molar refractivity (Wildman–Crippen MR) is 506 cm³/mol. The summed E-state index contributed by atoms with van der Waals surface area (Å²) in [7, 11) is 0. The summed E-state index contributed by atoms with van der Waals surface area (Å²) in [4.78, 5) is 265. The minimum absolute atomic E-state index is 0.0259. The van der Waals surface area contributed by atoms with Gasteiger partial charge >= 0.3 is 23.9 Å². The van der Waals surface area contributed by atoms with Crippen molar-refractivity contribution in [2.45, 2.75) is 462 Å². The maximum absolute atomic E-state index is 13.3. The van der Waals surface area contributed by atoms with E-state index in [9.17, 15) is 95.9 Å². The van der Waals surface area contributed by atoms with Gasteiger partial charge in [-0.3, -0.25) is 76.7 Å². The molecule has 0 aromatic heterocycles. The summed E-state index contributed by atoms with van der Waals surface area (Å²) in [5.74, 6) is -5.59. The number of unbranched alkanes of at least 4 members (excludes halogenated alkanes) is 38. The molecule has 4 saturated heterocycles. The Morgan fingerprint density at radius 2 is 0.336 bits per heavy atom. The second kappa shape index (κ2) is 78.0. The largest absolute Gasteiger partial charge is 0.380 e. The number of carbonyl (C=O) groups is 20. The first-order chi connectivity index (χ1) is 66.3. The molecule has 0 aliphatic carbocycles. The Morgan fingerprint density at radius 3 is 0.518 bits per heavy atom. The van der Waals surface area contributed by atoms with Crippen molar-refractivity contribution in [3.8, 4) is 0 Å². The van der Waals surface area contributed by atoms with Gasteiger partial charge in [0.25, 0.3) is 47.3 Å². The Kier molecular flexibility index (Phi) is 68.6. The molecule has 0 radical (unpaired) electrons. The van der Waals surface area contributed by atoms with Gasteiger partial charge in [-0.2, -0.15) is 0 Å².